The van der Waals surface area contributed by atoms with Crippen LogP contribution < -0.4 is 15.4 Å². The van der Waals surface area contributed by atoms with E-state index < -0.39 is 48.3 Å². The Hall–Kier alpha value is -2.54. The van der Waals surface area contributed by atoms with E-state index in [0.717, 1.165) is 12.1 Å². The zero-order chi connectivity index (χ0) is 24.5. The van der Waals surface area contributed by atoms with Gasteiger partial charge in [0.15, 0.2) is 0 Å². The van der Waals surface area contributed by atoms with Crippen molar-refractivity contribution in [3.8, 4) is 0 Å². The molecule has 0 heterocycles. The lowest BCUT2D eigenvalue weighted by molar-refractivity contribution is -0.242. The Labute approximate surface area is 190 Å². The summed E-state index contributed by atoms with van der Waals surface area (Å²) in [5.74, 6) is -2.15. The van der Waals surface area contributed by atoms with Crippen LogP contribution in [-0.4, -0.2) is 37.1 Å². The number of aliphatic hydroxyl groups is 1. The molecule has 4 N–H and O–H groups in total. The van der Waals surface area contributed by atoms with Gasteiger partial charge in [-0.15, -0.1) is 0 Å². The van der Waals surface area contributed by atoms with E-state index in [-0.39, 0.29) is 18.5 Å². The molecule has 2 aromatic carbocycles. The van der Waals surface area contributed by atoms with Gasteiger partial charge in [0, 0.05) is 18.3 Å². The van der Waals surface area contributed by atoms with Crippen molar-refractivity contribution in [2.45, 2.75) is 30.5 Å². The van der Waals surface area contributed by atoms with Gasteiger partial charge in [-0.05, 0) is 43.3 Å². The fraction of sp³-hybridized carbons (Fsp3) is 0.222. The second kappa shape index (κ2) is 9.14. The molecule has 1 atom stereocenters. The van der Waals surface area contributed by atoms with Crippen LogP contribution in [0.4, 0.5) is 30.2 Å². The van der Waals surface area contributed by atoms with Crippen LogP contribution in [0.5, 0.6) is 0 Å². The second-order valence-electron chi connectivity index (χ2n) is 6.63. The Morgan fingerprint density at radius 1 is 0.938 bits per heavy atom. The molecule has 0 aliphatic carbocycles. The van der Waals surface area contributed by atoms with Crippen LogP contribution in [0.3, 0.4) is 0 Å². The van der Waals surface area contributed by atoms with Crippen molar-refractivity contribution in [3.05, 3.63) is 46.4 Å². The molecule has 174 valence electrons. The van der Waals surface area contributed by atoms with E-state index in [4.69, 9.17) is 23.2 Å². The van der Waals surface area contributed by atoms with Crippen LogP contribution in [0.15, 0.2) is 41.3 Å². The van der Waals surface area contributed by atoms with Crippen LogP contribution in [0.25, 0.3) is 0 Å². The summed E-state index contributed by atoms with van der Waals surface area (Å²) in [6, 6.07) is 7.46. The first-order valence-electron chi connectivity index (χ1n) is 8.55. The van der Waals surface area contributed by atoms with E-state index >= 15 is 0 Å². The smallest absolute Gasteiger partial charge is 0.373 e. The molecular formula is C18H16Cl2F3N3O5S. The summed E-state index contributed by atoms with van der Waals surface area (Å²) in [5, 5.41) is 12.6. The standard InChI is InChI=1S/C18H16Cl2F3N3O5S/c1-9(27)24-10-3-5-11(6-4-10)26-32(30,31)13-8-7-12(14(19)15(13)20)25-16(28)17(2,29)18(21,22)23/h3-8,26,29H,1-2H3,(H,24,27)(H,25,28). The average Bonchev–Trinajstić information content (AvgIpc) is 2.65. The number of benzene rings is 2. The van der Waals surface area contributed by atoms with E-state index in [9.17, 15) is 36.3 Å². The molecule has 0 aromatic heterocycles. The van der Waals surface area contributed by atoms with E-state index in [2.05, 4.69) is 10.0 Å². The predicted octanol–water partition coefficient (Wildman–Crippen LogP) is 4.00. The van der Waals surface area contributed by atoms with Crippen molar-refractivity contribution >= 4 is 62.1 Å². The molecule has 1 unspecified atom stereocenters. The summed E-state index contributed by atoms with van der Waals surface area (Å²) >= 11 is 11.9. The second-order valence-corrected chi connectivity index (χ2v) is 9.03. The van der Waals surface area contributed by atoms with Gasteiger partial charge in [-0.25, -0.2) is 8.42 Å². The fourth-order valence-electron chi connectivity index (χ4n) is 2.24. The van der Waals surface area contributed by atoms with Gasteiger partial charge in [0.1, 0.15) is 4.90 Å². The summed E-state index contributed by atoms with van der Waals surface area (Å²) in [4.78, 5) is 22.3. The van der Waals surface area contributed by atoms with Crippen molar-refractivity contribution < 1.29 is 36.3 Å². The molecule has 0 aliphatic heterocycles. The molecule has 2 rings (SSSR count). The van der Waals surface area contributed by atoms with Gasteiger partial charge in [-0.2, -0.15) is 13.2 Å². The van der Waals surface area contributed by atoms with E-state index in [1.807, 2.05) is 0 Å². The van der Waals surface area contributed by atoms with Gasteiger partial charge in [0.2, 0.25) is 11.5 Å². The van der Waals surface area contributed by atoms with Crippen molar-refractivity contribution in [2.24, 2.45) is 0 Å². The first kappa shape index (κ1) is 25.7. The number of nitrogens with one attached hydrogen (secondary N) is 3. The van der Waals surface area contributed by atoms with Crippen LogP contribution in [0.1, 0.15) is 13.8 Å². The third kappa shape index (κ3) is 5.63. The number of carbonyl (C=O) groups excluding carboxylic acids is 2. The molecular weight excluding hydrogens is 498 g/mol. The monoisotopic (exact) mass is 513 g/mol. The Morgan fingerprint density at radius 2 is 1.47 bits per heavy atom. The van der Waals surface area contributed by atoms with Gasteiger partial charge < -0.3 is 15.7 Å². The molecule has 2 amide bonds. The van der Waals surface area contributed by atoms with Crippen LogP contribution in [0, 0.1) is 0 Å². The first-order valence-corrected chi connectivity index (χ1v) is 10.8. The first-order chi connectivity index (χ1) is 14.6. The van der Waals surface area contributed by atoms with Gasteiger partial charge in [-0.3, -0.25) is 14.3 Å². The largest absolute Gasteiger partial charge is 0.426 e. The van der Waals surface area contributed by atoms with Crippen LogP contribution in [0.2, 0.25) is 10.0 Å². The summed E-state index contributed by atoms with van der Waals surface area (Å²) < 4.78 is 66.0. The lowest BCUT2D eigenvalue weighted by Gasteiger charge is -2.25. The average molecular weight is 514 g/mol. The number of hydrogen-bond donors (Lipinski definition) is 4. The Bertz CT molecular complexity index is 1150. The van der Waals surface area contributed by atoms with E-state index in [1.54, 1.807) is 5.32 Å². The topological polar surface area (TPSA) is 125 Å². The number of anilines is 3. The molecule has 0 bridgehead atoms. The maximum Gasteiger partial charge on any atom is 0.426 e. The third-order valence-electron chi connectivity index (χ3n) is 4.04. The molecule has 14 heteroatoms. The molecule has 0 fully saturated rings. The number of carbonyl (C=O) groups is 2. The third-order valence-corrected chi connectivity index (χ3v) is 6.45. The summed E-state index contributed by atoms with van der Waals surface area (Å²) in [7, 11) is -4.30. The summed E-state index contributed by atoms with van der Waals surface area (Å²) in [6.07, 6.45) is -5.27. The number of halogens is 5. The minimum atomic E-state index is -5.27. The summed E-state index contributed by atoms with van der Waals surface area (Å²) in [6.45, 7) is 1.55. The van der Waals surface area contributed by atoms with E-state index in [1.165, 1.54) is 31.2 Å². The van der Waals surface area contributed by atoms with Crippen molar-refractivity contribution in [3.63, 3.8) is 0 Å². The van der Waals surface area contributed by atoms with E-state index in [0.29, 0.717) is 5.69 Å². The maximum atomic E-state index is 12.8. The van der Waals surface area contributed by atoms with Gasteiger partial charge in [0.05, 0.1) is 15.7 Å². The van der Waals surface area contributed by atoms with Crippen molar-refractivity contribution in [1.82, 2.24) is 0 Å². The van der Waals surface area contributed by atoms with Gasteiger partial charge in [-0.1, -0.05) is 23.2 Å². The molecule has 0 saturated heterocycles. The van der Waals surface area contributed by atoms with Crippen molar-refractivity contribution in [2.75, 3.05) is 15.4 Å². The number of amides is 2. The molecule has 32 heavy (non-hydrogen) atoms. The Kier molecular flexibility index (Phi) is 7.34. The lowest BCUT2D eigenvalue weighted by Crippen LogP contribution is -2.52. The number of hydrogen-bond acceptors (Lipinski definition) is 5. The molecule has 0 saturated carbocycles. The zero-order valence-electron chi connectivity index (χ0n) is 16.3. The van der Waals surface area contributed by atoms with Gasteiger partial charge in [0.25, 0.3) is 15.9 Å². The van der Waals surface area contributed by atoms with Crippen LogP contribution in [-0.2, 0) is 19.6 Å². The number of alkyl halides is 3. The molecule has 2 aromatic rings. The predicted molar refractivity (Wildman–Crippen MR) is 113 cm³/mol. The minimum absolute atomic E-state index is 0.116. The molecule has 0 radical (unpaired) electrons. The summed E-state index contributed by atoms with van der Waals surface area (Å²) in [5.41, 5.74) is -3.62. The highest BCUT2D eigenvalue weighted by Crippen LogP contribution is 2.37. The normalized spacial score (nSPS) is 13.8. The van der Waals surface area contributed by atoms with Crippen molar-refractivity contribution in [1.29, 1.82) is 0 Å². The lowest BCUT2D eigenvalue weighted by atomic mass is 10.1. The minimum Gasteiger partial charge on any atom is -0.373 e. The highest BCUT2D eigenvalue weighted by atomic mass is 35.5. The van der Waals surface area contributed by atoms with Crippen LogP contribution >= 0.6 is 23.2 Å². The maximum absolute atomic E-state index is 12.8. The van der Waals surface area contributed by atoms with Gasteiger partial charge >= 0.3 is 6.18 Å². The Balaban J connectivity index is 2.28. The Morgan fingerprint density at radius 3 is 1.97 bits per heavy atom. The highest BCUT2D eigenvalue weighted by Gasteiger charge is 2.55. The highest BCUT2D eigenvalue weighted by molar-refractivity contribution is 7.92. The number of sulfonamides is 1. The fourth-order valence-corrected chi connectivity index (χ4v) is 4.12. The zero-order valence-corrected chi connectivity index (χ0v) is 18.7. The quantitative estimate of drug-likeness (QED) is 0.464. The number of rotatable bonds is 6. The SMILES string of the molecule is CC(=O)Nc1ccc(NS(=O)(=O)c2ccc(NC(=O)C(C)(O)C(F)(F)F)c(Cl)c2Cl)cc1. The molecule has 0 spiro atoms. The molecule has 0 aliphatic rings. The molecule has 8 nitrogen and oxygen atoms in total.